The average molecular weight is 274 g/mol. The summed E-state index contributed by atoms with van der Waals surface area (Å²) in [5.41, 5.74) is 1.94. The summed E-state index contributed by atoms with van der Waals surface area (Å²) in [6, 6.07) is 8.94. The molecule has 19 heavy (non-hydrogen) atoms. The maximum atomic E-state index is 8.98. The van der Waals surface area contributed by atoms with Gasteiger partial charge in [-0.25, -0.2) is 9.97 Å². The van der Waals surface area contributed by atoms with Gasteiger partial charge in [-0.15, -0.1) is 0 Å². The van der Waals surface area contributed by atoms with Crippen molar-refractivity contribution in [1.82, 2.24) is 9.97 Å². The minimum Gasteiger partial charge on any atom is -0.496 e. The second kappa shape index (κ2) is 5.68. The summed E-state index contributed by atoms with van der Waals surface area (Å²) in [6.45, 7) is 1.96. The number of aryl methyl sites for hydroxylation is 1. The van der Waals surface area contributed by atoms with E-state index in [-0.39, 0.29) is 0 Å². The predicted molar refractivity (Wildman–Crippen MR) is 73.1 cm³/mol. The first-order valence-corrected chi connectivity index (χ1v) is 6.17. The van der Waals surface area contributed by atoms with Crippen molar-refractivity contribution in [2.75, 3.05) is 7.11 Å². The molecule has 2 rings (SSSR count). The van der Waals surface area contributed by atoms with Gasteiger partial charge in [-0.05, 0) is 18.2 Å². The lowest BCUT2D eigenvalue weighted by Crippen LogP contribution is -1.97. The van der Waals surface area contributed by atoms with Crippen LogP contribution in [-0.2, 0) is 6.42 Å². The van der Waals surface area contributed by atoms with Crippen LogP contribution in [0.4, 0.5) is 0 Å². The van der Waals surface area contributed by atoms with Gasteiger partial charge in [-0.1, -0.05) is 18.5 Å². The number of nitrogens with zero attached hydrogens (tertiary/aromatic N) is 3. The molecule has 0 N–H and O–H groups in total. The fourth-order valence-electron chi connectivity index (χ4n) is 1.74. The lowest BCUT2D eigenvalue weighted by molar-refractivity contribution is 0.416. The zero-order chi connectivity index (χ0) is 13.8. The Kier molecular flexibility index (Phi) is 3.98. The minimum atomic E-state index is 0.381. The fourth-order valence-corrected chi connectivity index (χ4v) is 1.94. The summed E-state index contributed by atoms with van der Waals surface area (Å²) in [4.78, 5) is 8.55. The number of aromatic nitrogens is 2. The van der Waals surface area contributed by atoms with Crippen molar-refractivity contribution in [2.24, 2.45) is 0 Å². The number of rotatable bonds is 3. The Bertz CT molecular complexity index is 650. The van der Waals surface area contributed by atoms with Gasteiger partial charge in [-0.2, -0.15) is 5.26 Å². The zero-order valence-electron chi connectivity index (χ0n) is 10.6. The van der Waals surface area contributed by atoms with Crippen molar-refractivity contribution in [3.05, 3.63) is 40.8 Å². The van der Waals surface area contributed by atoms with Crippen molar-refractivity contribution in [1.29, 1.82) is 5.26 Å². The van der Waals surface area contributed by atoms with Crippen LogP contribution in [0.5, 0.6) is 5.75 Å². The molecule has 1 aromatic heterocycles. The Hall–Kier alpha value is -2.12. The second-order valence-corrected chi connectivity index (χ2v) is 4.26. The molecule has 0 atom stereocenters. The number of hydrogen-bond acceptors (Lipinski definition) is 4. The van der Waals surface area contributed by atoms with Gasteiger partial charge >= 0.3 is 0 Å². The third kappa shape index (κ3) is 2.83. The highest BCUT2D eigenvalue weighted by molar-refractivity contribution is 6.29. The molecule has 5 heteroatoms. The summed E-state index contributed by atoms with van der Waals surface area (Å²) >= 11 is 5.99. The number of halogens is 1. The van der Waals surface area contributed by atoms with Crippen LogP contribution in [-0.4, -0.2) is 17.1 Å². The molecule has 0 bridgehead atoms. The topological polar surface area (TPSA) is 58.8 Å². The van der Waals surface area contributed by atoms with E-state index < -0.39 is 0 Å². The number of hydrogen-bond donors (Lipinski definition) is 0. The summed E-state index contributed by atoms with van der Waals surface area (Å²) in [6.07, 6.45) is 0.688. The van der Waals surface area contributed by atoms with Gasteiger partial charge in [-0.3, -0.25) is 0 Å². The molecule has 0 aliphatic heterocycles. The van der Waals surface area contributed by atoms with Crippen LogP contribution in [0.15, 0.2) is 24.3 Å². The molecule has 0 amide bonds. The fraction of sp³-hybridized carbons (Fsp3) is 0.214. The van der Waals surface area contributed by atoms with Crippen LogP contribution in [0.1, 0.15) is 18.3 Å². The van der Waals surface area contributed by atoms with Crippen LogP contribution in [0.2, 0.25) is 5.15 Å². The van der Waals surface area contributed by atoms with E-state index in [1.54, 1.807) is 31.4 Å². The Morgan fingerprint density at radius 1 is 1.32 bits per heavy atom. The number of nitriles is 1. The SMILES string of the molecule is CCc1nc(Cl)cc(-c2cc(C#N)ccc2OC)n1. The summed E-state index contributed by atoms with van der Waals surface area (Å²) in [7, 11) is 1.58. The van der Waals surface area contributed by atoms with E-state index in [1.807, 2.05) is 6.92 Å². The van der Waals surface area contributed by atoms with Gasteiger partial charge in [0, 0.05) is 18.1 Å². The smallest absolute Gasteiger partial charge is 0.133 e. The van der Waals surface area contributed by atoms with Crippen LogP contribution in [0, 0.1) is 11.3 Å². The van der Waals surface area contributed by atoms with Crippen molar-refractivity contribution >= 4 is 11.6 Å². The lowest BCUT2D eigenvalue weighted by Gasteiger charge is -2.09. The van der Waals surface area contributed by atoms with E-state index >= 15 is 0 Å². The van der Waals surface area contributed by atoms with Crippen LogP contribution in [0.3, 0.4) is 0 Å². The number of methoxy groups -OCH3 is 1. The second-order valence-electron chi connectivity index (χ2n) is 3.87. The Morgan fingerprint density at radius 2 is 2.11 bits per heavy atom. The highest BCUT2D eigenvalue weighted by Gasteiger charge is 2.11. The molecule has 1 aromatic carbocycles. The average Bonchev–Trinajstić information content (AvgIpc) is 2.45. The first-order valence-electron chi connectivity index (χ1n) is 5.80. The normalized spacial score (nSPS) is 10.0. The molecule has 0 unspecified atom stereocenters. The van der Waals surface area contributed by atoms with Gasteiger partial charge in [0.2, 0.25) is 0 Å². The van der Waals surface area contributed by atoms with E-state index in [4.69, 9.17) is 21.6 Å². The third-order valence-corrected chi connectivity index (χ3v) is 2.86. The van der Waals surface area contributed by atoms with E-state index in [2.05, 4.69) is 16.0 Å². The monoisotopic (exact) mass is 273 g/mol. The third-order valence-electron chi connectivity index (χ3n) is 2.66. The van der Waals surface area contributed by atoms with Gasteiger partial charge in [0.15, 0.2) is 0 Å². The first-order chi connectivity index (χ1) is 9.17. The molecule has 0 aliphatic rings. The largest absolute Gasteiger partial charge is 0.496 e. The summed E-state index contributed by atoms with van der Waals surface area (Å²) < 4.78 is 5.30. The molecule has 0 saturated heterocycles. The Balaban J connectivity index is 2.63. The molecule has 96 valence electrons. The molecule has 0 spiro atoms. The van der Waals surface area contributed by atoms with E-state index in [9.17, 15) is 0 Å². The lowest BCUT2D eigenvalue weighted by atomic mass is 10.1. The van der Waals surface area contributed by atoms with Crippen molar-refractivity contribution in [2.45, 2.75) is 13.3 Å². The summed E-state index contributed by atoms with van der Waals surface area (Å²) in [5.74, 6) is 1.31. The molecular weight excluding hydrogens is 262 g/mol. The molecule has 0 saturated carbocycles. The van der Waals surface area contributed by atoms with Crippen LogP contribution in [0.25, 0.3) is 11.3 Å². The Morgan fingerprint density at radius 3 is 2.74 bits per heavy atom. The van der Waals surface area contributed by atoms with Crippen LogP contribution < -0.4 is 4.74 Å². The maximum absolute atomic E-state index is 8.98. The van der Waals surface area contributed by atoms with Crippen molar-refractivity contribution in [3.63, 3.8) is 0 Å². The Labute approximate surface area is 116 Å². The van der Waals surface area contributed by atoms with Gasteiger partial charge < -0.3 is 4.74 Å². The standard InChI is InChI=1S/C14H12ClN3O/c1-3-14-17-11(7-13(15)18-14)10-6-9(8-16)4-5-12(10)19-2/h4-7H,3H2,1-2H3. The molecule has 0 fully saturated rings. The van der Waals surface area contributed by atoms with E-state index in [0.717, 1.165) is 5.56 Å². The molecule has 1 heterocycles. The zero-order valence-corrected chi connectivity index (χ0v) is 11.4. The number of benzene rings is 1. The molecule has 0 aliphatic carbocycles. The van der Waals surface area contributed by atoms with E-state index in [0.29, 0.717) is 34.4 Å². The first kappa shape index (κ1) is 13.3. The van der Waals surface area contributed by atoms with Gasteiger partial charge in [0.05, 0.1) is 24.4 Å². The highest BCUT2D eigenvalue weighted by atomic mass is 35.5. The molecular formula is C14H12ClN3O. The highest BCUT2D eigenvalue weighted by Crippen LogP contribution is 2.30. The van der Waals surface area contributed by atoms with Gasteiger partial charge in [0.1, 0.15) is 16.7 Å². The number of ether oxygens (including phenoxy) is 1. The minimum absolute atomic E-state index is 0.381. The quantitative estimate of drug-likeness (QED) is 0.806. The van der Waals surface area contributed by atoms with Crippen molar-refractivity contribution in [3.8, 4) is 23.1 Å². The van der Waals surface area contributed by atoms with Crippen molar-refractivity contribution < 1.29 is 4.74 Å². The van der Waals surface area contributed by atoms with E-state index in [1.165, 1.54) is 0 Å². The van der Waals surface area contributed by atoms with Crippen LogP contribution >= 0.6 is 11.6 Å². The molecule has 2 aromatic rings. The van der Waals surface area contributed by atoms with Gasteiger partial charge in [0.25, 0.3) is 0 Å². The predicted octanol–water partition coefficient (Wildman–Crippen LogP) is 3.24. The molecule has 4 nitrogen and oxygen atoms in total. The molecule has 0 radical (unpaired) electrons. The summed E-state index contributed by atoms with van der Waals surface area (Å²) in [5, 5.41) is 9.36. The maximum Gasteiger partial charge on any atom is 0.133 e.